The molecule has 1 aromatic carbocycles. The molecule has 1 aromatic rings. The molecule has 2 unspecified atom stereocenters. The zero-order valence-electron chi connectivity index (χ0n) is 14.6. The monoisotopic (exact) mass is 334 g/mol. The first-order valence-corrected chi connectivity index (χ1v) is 9.94. The molecule has 4 nitrogen and oxygen atoms in total. The van der Waals surface area contributed by atoms with Gasteiger partial charge in [0.05, 0.1) is 6.54 Å². The first-order chi connectivity index (χ1) is 11.2. The van der Waals surface area contributed by atoms with Crippen molar-refractivity contribution in [3.8, 4) is 0 Å². The van der Waals surface area contributed by atoms with Gasteiger partial charge >= 0.3 is 0 Å². The van der Waals surface area contributed by atoms with Crippen LogP contribution in [0, 0.1) is 0 Å². The third-order valence-electron chi connectivity index (χ3n) is 4.18. The van der Waals surface area contributed by atoms with Crippen LogP contribution >= 0.6 is 11.8 Å². The van der Waals surface area contributed by atoms with Gasteiger partial charge in [0, 0.05) is 37.5 Å². The van der Waals surface area contributed by atoms with E-state index in [0.717, 1.165) is 37.9 Å². The van der Waals surface area contributed by atoms with Gasteiger partial charge < -0.3 is 10.6 Å². The van der Waals surface area contributed by atoms with Crippen molar-refractivity contribution in [1.82, 2.24) is 15.5 Å². The van der Waals surface area contributed by atoms with E-state index in [-0.39, 0.29) is 0 Å². The molecule has 1 fully saturated rings. The molecule has 0 aromatic heterocycles. The number of rotatable bonds is 7. The Kier molecular flexibility index (Phi) is 7.76. The van der Waals surface area contributed by atoms with Crippen LogP contribution < -0.4 is 10.6 Å². The average molecular weight is 335 g/mol. The van der Waals surface area contributed by atoms with E-state index in [1.165, 1.54) is 12.0 Å². The summed E-state index contributed by atoms with van der Waals surface area (Å²) in [4.78, 5) is 7.21. The minimum atomic E-state index is 0.473. The lowest BCUT2D eigenvalue weighted by molar-refractivity contribution is 0.258. The maximum absolute atomic E-state index is 4.66. The highest BCUT2D eigenvalue weighted by Crippen LogP contribution is 2.20. The minimum Gasteiger partial charge on any atom is -0.357 e. The molecule has 0 bridgehead atoms. The lowest BCUT2D eigenvalue weighted by atomic mass is 10.2. The number of nitrogens with zero attached hydrogens (tertiary/aromatic N) is 2. The number of thioether (sulfide) groups is 1. The van der Waals surface area contributed by atoms with Crippen molar-refractivity contribution in [3.63, 3.8) is 0 Å². The van der Waals surface area contributed by atoms with Gasteiger partial charge in [0.25, 0.3) is 0 Å². The first kappa shape index (κ1) is 18.1. The molecular formula is C18H30N4S. The quantitative estimate of drug-likeness (QED) is 0.457. The van der Waals surface area contributed by atoms with Gasteiger partial charge in [0.2, 0.25) is 0 Å². The summed E-state index contributed by atoms with van der Waals surface area (Å²) in [5.74, 6) is 2.03. The highest BCUT2D eigenvalue weighted by Gasteiger charge is 2.29. The molecule has 1 heterocycles. The van der Waals surface area contributed by atoms with Crippen LogP contribution in [0.1, 0.15) is 25.8 Å². The summed E-state index contributed by atoms with van der Waals surface area (Å²) in [6, 6.07) is 11.8. The highest BCUT2D eigenvalue weighted by atomic mass is 32.2. The van der Waals surface area contributed by atoms with Crippen molar-refractivity contribution in [2.45, 2.75) is 38.9 Å². The van der Waals surface area contributed by atoms with E-state index in [1.54, 1.807) is 0 Å². The van der Waals surface area contributed by atoms with E-state index >= 15 is 0 Å². The van der Waals surface area contributed by atoms with Gasteiger partial charge in [-0.25, -0.2) is 0 Å². The predicted molar refractivity (Wildman–Crippen MR) is 102 cm³/mol. The number of aliphatic imine (C=N–C) groups is 1. The molecule has 2 rings (SSSR count). The van der Waals surface area contributed by atoms with E-state index in [4.69, 9.17) is 0 Å². The summed E-state index contributed by atoms with van der Waals surface area (Å²) < 4.78 is 0. The van der Waals surface area contributed by atoms with Gasteiger partial charge in [-0.2, -0.15) is 11.8 Å². The molecule has 2 atom stereocenters. The van der Waals surface area contributed by atoms with E-state index < -0.39 is 0 Å². The fraction of sp³-hybridized carbons (Fsp3) is 0.611. The van der Waals surface area contributed by atoms with Gasteiger partial charge in [0.15, 0.2) is 5.96 Å². The second-order valence-electron chi connectivity index (χ2n) is 6.09. The van der Waals surface area contributed by atoms with Gasteiger partial charge in [0.1, 0.15) is 0 Å². The molecule has 0 amide bonds. The zero-order chi connectivity index (χ0) is 16.5. The van der Waals surface area contributed by atoms with E-state index in [1.807, 2.05) is 11.8 Å². The molecule has 1 aliphatic heterocycles. The smallest absolute Gasteiger partial charge is 0.191 e. The second-order valence-corrected chi connectivity index (χ2v) is 7.08. The van der Waals surface area contributed by atoms with Crippen molar-refractivity contribution in [2.75, 3.05) is 31.6 Å². The Bertz CT molecular complexity index is 477. The number of nitrogens with one attached hydrogen (secondary N) is 2. The van der Waals surface area contributed by atoms with Crippen LogP contribution in [0.25, 0.3) is 0 Å². The van der Waals surface area contributed by atoms with Crippen LogP contribution in [0.15, 0.2) is 35.3 Å². The Morgan fingerprint density at radius 3 is 2.83 bits per heavy atom. The number of hydrogen-bond acceptors (Lipinski definition) is 3. The average Bonchev–Trinajstić information content (AvgIpc) is 2.88. The number of guanidine groups is 1. The highest BCUT2D eigenvalue weighted by molar-refractivity contribution is 7.98. The van der Waals surface area contributed by atoms with Crippen LogP contribution in [0.2, 0.25) is 0 Å². The summed E-state index contributed by atoms with van der Waals surface area (Å²) in [6.07, 6.45) is 3.29. The predicted octanol–water partition coefficient (Wildman–Crippen LogP) is 2.57. The Balaban J connectivity index is 1.87. The molecule has 0 radical (unpaired) electrons. The topological polar surface area (TPSA) is 39.7 Å². The standard InChI is InChI=1S/C18H30N4S/c1-4-19-18(20-10-11-23-3)21-17-12-15(2)22(14-17)13-16-8-6-5-7-9-16/h5-9,15,17H,4,10-14H2,1-3H3,(H2,19,20,21). The third-order valence-corrected chi connectivity index (χ3v) is 4.77. The normalized spacial score (nSPS) is 22.3. The van der Waals surface area contributed by atoms with E-state index in [0.29, 0.717) is 12.1 Å². The molecule has 0 spiro atoms. The zero-order valence-corrected chi connectivity index (χ0v) is 15.4. The molecule has 23 heavy (non-hydrogen) atoms. The van der Waals surface area contributed by atoms with Gasteiger partial charge in [-0.1, -0.05) is 30.3 Å². The summed E-state index contributed by atoms with van der Waals surface area (Å²) in [7, 11) is 0. The Morgan fingerprint density at radius 1 is 1.35 bits per heavy atom. The number of benzene rings is 1. The van der Waals surface area contributed by atoms with E-state index in [2.05, 4.69) is 71.0 Å². The lowest BCUT2D eigenvalue weighted by Crippen LogP contribution is -2.44. The summed E-state index contributed by atoms with van der Waals surface area (Å²) in [5, 5.41) is 6.97. The van der Waals surface area contributed by atoms with Crippen LogP contribution in [-0.2, 0) is 6.54 Å². The molecule has 1 aliphatic rings. The van der Waals surface area contributed by atoms with Crippen LogP contribution in [-0.4, -0.2) is 54.6 Å². The molecule has 0 aliphatic carbocycles. The summed E-state index contributed by atoms with van der Waals surface area (Å²) in [6.45, 7) is 8.31. The first-order valence-electron chi connectivity index (χ1n) is 8.54. The Labute approximate surface area is 145 Å². The van der Waals surface area contributed by atoms with Crippen molar-refractivity contribution < 1.29 is 0 Å². The van der Waals surface area contributed by atoms with Crippen LogP contribution in [0.4, 0.5) is 0 Å². The summed E-state index contributed by atoms with van der Waals surface area (Å²) >= 11 is 1.84. The molecule has 0 saturated carbocycles. The van der Waals surface area contributed by atoms with E-state index in [9.17, 15) is 0 Å². The van der Waals surface area contributed by atoms with Crippen LogP contribution in [0.3, 0.4) is 0 Å². The SMILES string of the molecule is CCNC(=NCCSC)NC1CC(C)N(Cc2ccccc2)C1. The third kappa shape index (κ3) is 6.07. The summed E-state index contributed by atoms with van der Waals surface area (Å²) in [5.41, 5.74) is 1.39. The number of hydrogen-bond donors (Lipinski definition) is 2. The minimum absolute atomic E-state index is 0.473. The van der Waals surface area contributed by atoms with Gasteiger partial charge in [-0.05, 0) is 32.1 Å². The maximum Gasteiger partial charge on any atom is 0.191 e. The van der Waals surface area contributed by atoms with Crippen molar-refractivity contribution in [2.24, 2.45) is 4.99 Å². The second kappa shape index (κ2) is 9.83. The molecule has 128 valence electrons. The molecular weight excluding hydrogens is 304 g/mol. The lowest BCUT2D eigenvalue weighted by Gasteiger charge is -2.21. The van der Waals surface area contributed by atoms with Crippen molar-refractivity contribution in [1.29, 1.82) is 0 Å². The fourth-order valence-corrected chi connectivity index (χ4v) is 3.28. The van der Waals surface area contributed by atoms with Gasteiger partial charge in [-0.15, -0.1) is 0 Å². The van der Waals surface area contributed by atoms with Crippen molar-refractivity contribution >= 4 is 17.7 Å². The fourth-order valence-electron chi connectivity index (χ4n) is 3.00. The maximum atomic E-state index is 4.66. The molecule has 2 N–H and O–H groups in total. The van der Waals surface area contributed by atoms with Crippen LogP contribution in [0.5, 0.6) is 0 Å². The van der Waals surface area contributed by atoms with Gasteiger partial charge in [-0.3, -0.25) is 9.89 Å². The Morgan fingerprint density at radius 2 is 2.13 bits per heavy atom. The largest absolute Gasteiger partial charge is 0.357 e. The molecule has 5 heteroatoms. The van der Waals surface area contributed by atoms with Crippen molar-refractivity contribution in [3.05, 3.63) is 35.9 Å². The Hall–Kier alpha value is -1.20. The number of likely N-dealkylation sites (tertiary alicyclic amines) is 1. The molecule has 1 saturated heterocycles.